The summed E-state index contributed by atoms with van der Waals surface area (Å²) in [5.74, 6) is -0.136. The van der Waals surface area contributed by atoms with Crippen LogP contribution in [0.3, 0.4) is 0 Å². The highest BCUT2D eigenvalue weighted by Gasteiger charge is 2.33. The minimum absolute atomic E-state index is 0.283. The van der Waals surface area contributed by atoms with E-state index in [1.54, 1.807) is 22.4 Å². The van der Waals surface area contributed by atoms with Crippen molar-refractivity contribution >= 4 is 28.9 Å². The van der Waals surface area contributed by atoms with Crippen molar-refractivity contribution in [3.05, 3.63) is 82.6 Å². The maximum atomic E-state index is 13.0. The van der Waals surface area contributed by atoms with E-state index in [0.29, 0.717) is 22.9 Å². The third-order valence-electron chi connectivity index (χ3n) is 4.34. The van der Waals surface area contributed by atoms with E-state index in [1.165, 1.54) is 11.3 Å². The van der Waals surface area contributed by atoms with Crippen molar-refractivity contribution in [3.63, 3.8) is 0 Å². The van der Waals surface area contributed by atoms with Gasteiger partial charge in [0.1, 0.15) is 17.2 Å². The van der Waals surface area contributed by atoms with Crippen LogP contribution in [0.1, 0.15) is 21.3 Å². The lowest BCUT2D eigenvalue weighted by Gasteiger charge is -2.37. The van der Waals surface area contributed by atoms with Crippen molar-refractivity contribution < 1.29 is 19.1 Å². The number of rotatable bonds is 4. The molecule has 0 aliphatic carbocycles. The van der Waals surface area contributed by atoms with Crippen molar-refractivity contribution in [1.82, 2.24) is 0 Å². The number of esters is 1. The molecular formula is C21H17NO4S. The van der Waals surface area contributed by atoms with Gasteiger partial charge in [0.15, 0.2) is 6.61 Å². The number of ether oxygens (including phenoxy) is 2. The summed E-state index contributed by atoms with van der Waals surface area (Å²) in [6, 6.07) is 20.2. The summed E-state index contributed by atoms with van der Waals surface area (Å²) in [4.78, 5) is 27.2. The van der Waals surface area contributed by atoms with E-state index >= 15 is 0 Å². The number of hydrogen-bond acceptors (Lipinski definition) is 5. The van der Waals surface area contributed by atoms with Crippen LogP contribution >= 0.6 is 11.3 Å². The lowest BCUT2D eigenvalue weighted by Crippen LogP contribution is -2.43. The van der Waals surface area contributed by atoms with Crippen LogP contribution in [0.5, 0.6) is 5.75 Å². The second kappa shape index (κ2) is 7.63. The number of nitrogens with zero attached hydrogens (tertiary/aromatic N) is 1. The number of carbonyl (C=O) groups is 2. The number of benzene rings is 2. The fourth-order valence-electron chi connectivity index (χ4n) is 3.08. The predicted octanol–water partition coefficient (Wildman–Crippen LogP) is 4.07. The molecule has 1 amide bonds. The molecule has 0 bridgehead atoms. The third kappa shape index (κ3) is 3.57. The van der Waals surface area contributed by atoms with Crippen molar-refractivity contribution in [3.8, 4) is 5.75 Å². The monoisotopic (exact) mass is 379 g/mol. The van der Waals surface area contributed by atoms with Gasteiger partial charge in [-0.15, -0.1) is 11.3 Å². The second-order valence-corrected chi connectivity index (χ2v) is 6.97. The number of para-hydroxylation sites is 2. The fourth-order valence-corrected chi connectivity index (χ4v) is 3.70. The molecular weight excluding hydrogens is 362 g/mol. The van der Waals surface area contributed by atoms with Gasteiger partial charge in [0.2, 0.25) is 0 Å². The van der Waals surface area contributed by atoms with Gasteiger partial charge in [-0.3, -0.25) is 9.69 Å². The first-order valence-corrected chi connectivity index (χ1v) is 9.41. The molecule has 1 aliphatic rings. The number of fused-ring (bicyclic) bond motifs is 1. The molecule has 6 heteroatoms. The molecule has 136 valence electrons. The average Bonchev–Trinajstić information content (AvgIpc) is 3.26. The topological polar surface area (TPSA) is 55.8 Å². The van der Waals surface area contributed by atoms with Crippen LogP contribution in [0.25, 0.3) is 0 Å². The Morgan fingerprint density at radius 2 is 1.81 bits per heavy atom. The molecule has 0 spiro atoms. The Morgan fingerprint density at radius 1 is 1.04 bits per heavy atom. The van der Waals surface area contributed by atoms with Gasteiger partial charge in [0.05, 0.1) is 11.7 Å². The Labute approximate surface area is 160 Å². The van der Waals surface area contributed by atoms with Crippen LogP contribution in [0, 0.1) is 0 Å². The SMILES string of the molecule is O=C(OCC(=O)N1c2ccccc2OCC1c1ccccc1)c1cccs1. The molecule has 2 heterocycles. The molecule has 0 radical (unpaired) electrons. The molecule has 0 N–H and O–H groups in total. The first kappa shape index (κ1) is 17.3. The Hall–Kier alpha value is -3.12. The number of carbonyl (C=O) groups excluding carboxylic acids is 2. The highest BCUT2D eigenvalue weighted by atomic mass is 32.1. The number of hydrogen-bond donors (Lipinski definition) is 0. The highest BCUT2D eigenvalue weighted by Crippen LogP contribution is 2.39. The summed E-state index contributed by atoms with van der Waals surface area (Å²) in [6.07, 6.45) is 0. The number of thiophene rings is 1. The smallest absolute Gasteiger partial charge is 0.348 e. The molecule has 1 aromatic heterocycles. The minimum Gasteiger partial charge on any atom is -0.489 e. The molecule has 4 rings (SSSR count). The van der Waals surface area contributed by atoms with E-state index in [9.17, 15) is 9.59 Å². The summed E-state index contributed by atoms with van der Waals surface area (Å²) in [6.45, 7) is 0.0139. The lowest BCUT2D eigenvalue weighted by molar-refractivity contribution is -0.122. The van der Waals surface area contributed by atoms with Gasteiger partial charge >= 0.3 is 5.97 Å². The molecule has 5 nitrogen and oxygen atoms in total. The minimum atomic E-state index is -0.490. The summed E-state index contributed by atoms with van der Waals surface area (Å²) in [7, 11) is 0. The second-order valence-electron chi connectivity index (χ2n) is 6.02. The van der Waals surface area contributed by atoms with E-state index in [2.05, 4.69) is 0 Å². The standard InChI is InChI=1S/C21H17NO4S/c23-20(14-26-21(24)19-11-6-12-27-19)22-16-9-4-5-10-18(16)25-13-17(22)15-7-2-1-3-8-15/h1-12,17H,13-14H2. The van der Waals surface area contributed by atoms with Crippen LogP contribution in [0.2, 0.25) is 0 Å². The Bertz CT molecular complexity index is 940. The molecule has 1 atom stereocenters. The largest absolute Gasteiger partial charge is 0.489 e. The molecule has 27 heavy (non-hydrogen) atoms. The highest BCUT2D eigenvalue weighted by molar-refractivity contribution is 7.11. The number of amides is 1. The van der Waals surface area contributed by atoms with Crippen molar-refractivity contribution in [2.45, 2.75) is 6.04 Å². The maximum absolute atomic E-state index is 13.0. The van der Waals surface area contributed by atoms with Gasteiger partial charge in [-0.2, -0.15) is 0 Å². The molecule has 2 aromatic carbocycles. The molecule has 0 saturated heterocycles. The molecule has 3 aromatic rings. The van der Waals surface area contributed by atoms with E-state index in [4.69, 9.17) is 9.47 Å². The van der Waals surface area contributed by atoms with Gasteiger partial charge < -0.3 is 9.47 Å². The van der Waals surface area contributed by atoms with E-state index in [0.717, 1.165) is 5.56 Å². The zero-order valence-electron chi connectivity index (χ0n) is 14.4. The average molecular weight is 379 g/mol. The maximum Gasteiger partial charge on any atom is 0.348 e. The van der Waals surface area contributed by atoms with Crippen LogP contribution in [-0.2, 0) is 9.53 Å². The van der Waals surface area contributed by atoms with E-state index in [-0.39, 0.29) is 18.6 Å². The van der Waals surface area contributed by atoms with E-state index < -0.39 is 5.97 Å². The Balaban J connectivity index is 1.59. The van der Waals surface area contributed by atoms with E-state index in [1.807, 2.05) is 54.6 Å². The lowest BCUT2D eigenvalue weighted by atomic mass is 10.0. The van der Waals surface area contributed by atoms with Crippen LogP contribution < -0.4 is 9.64 Å². The quantitative estimate of drug-likeness (QED) is 0.641. The van der Waals surface area contributed by atoms with Crippen LogP contribution in [-0.4, -0.2) is 25.1 Å². The van der Waals surface area contributed by atoms with Gasteiger partial charge in [-0.25, -0.2) is 4.79 Å². The van der Waals surface area contributed by atoms with Gasteiger partial charge in [-0.1, -0.05) is 48.5 Å². The van der Waals surface area contributed by atoms with Crippen molar-refractivity contribution in [2.75, 3.05) is 18.1 Å². The number of anilines is 1. The Kier molecular flexibility index (Phi) is 4.89. The van der Waals surface area contributed by atoms with Gasteiger partial charge in [-0.05, 0) is 29.1 Å². The molecule has 1 unspecified atom stereocenters. The first-order chi connectivity index (χ1) is 13.2. The molecule has 0 saturated carbocycles. The zero-order chi connectivity index (χ0) is 18.6. The third-order valence-corrected chi connectivity index (χ3v) is 5.19. The normalized spacial score (nSPS) is 15.6. The van der Waals surface area contributed by atoms with Crippen molar-refractivity contribution in [1.29, 1.82) is 0 Å². The van der Waals surface area contributed by atoms with Crippen LogP contribution in [0.4, 0.5) is 5.69 Å². The zero-order valence-corrected chi connectivity index (χ0v) is 15.2. The van der Waals surface area contributed by atoms with Crippen molar-refractivity contribution in [2.24, 2.45) is 0 Å². The molecule has 0 fully saturated rings. The fraction of sp³-hybridized carbons (Fsp3) is 0.143. The summed E-state index contributed by atoms with van der Waals surface area (Å²) < 4.78 is 11.1. The molecule has 1 aliphatic heterocycles. The predicted molar refractivity (Wildman–Crippen MR) is 103 cm³/mol. The summed E-state index contributed by atoms with van der Waals surface area (Å²) in [5.41, 5.74) is 1.64. The first-order valence-electron chi connectivity index (χ1n) is 8.53. The summed E-state index contributed by atoms with van der Waals surface area (Å²) in [5, 5.41) is 1.79. The Morgan fingerprint density at radius 3 is 2.59 bits per heavy atom. The summed E-state index contributed by atoms with van der Waals surface area (Å²) >= 11 is 1.28. The van der Waals surface area contributed by atoms with Gasteiger partial charge in [0, 0.05) is 0 Å². The van der Waals surface area contributed by atoms with Crippen LogP contribution in [0.15, 0.2) is 72.1 Å². The van der Waals surface area contributed by atoms with Gasteiger partial charge in [0.25, 0.3) is 5.91 Å².